The molecular weight excluding hydrogens is 624 g/mol. The van der Waals surface area contributed by atoms with Crippen molar-refractivity contribution in [1.29, 1.82) is 0 Å². The molecule has 2 aromatic carbocycles. The SMILES string of the molecule is CC(=O)Oc1cccc(C[N+]2(C)[C@@H]3CC[C@H]2CC(OC(=O)CCCC(=O)OC2C[C@H]4CC[C@@H](C2)[N+]4(C)Cc2cccc(OC(C)=O)c2)C3)c1. The van der Waals surface area contributed by atoms with Crippen molar-refractivity contribution in [1.82, 2.24) is 0 Å². The molecule has 0 spiro atoms. The molecule has 4 heterocycles. The molecule has 0 N–H and O–H groups in total. The molecule has 0 aromatic heterocycles. The molecule has 4 bridgehead atoms. The molecule has 4 saturated heterocycles. The number of benzene rings is 2. The Labute approximate surface area is 289 Å². The number of hydrogen-bond acceptors (Lipinski definition) is 8. The van der Waals surface area contributed by atoms with Crippen LogP contribution in [0.1, 0.15) is 95.6 Å². The maximum Gasteiger partial charge on any atom is 0.308 e. The predicted molar refractivity (Wildman–Crippen MR) is 181 cm³/mol. The van der Waals surface area contributed by atoms with Crippen LogP contribution in [0, 0.1) is 0 Å². The molecular formula is C39H52N2O8+2. The van der Waals surface area contributed by atoms with Crippen LogP contribution >= 0.6 is 0 Å². The molecule has 49 heavy (non-hydrogen) atoms. The number of carbonyl (C=O) groups excluding carboxylic acids is 4. The van der Waals surface area contributed by atoms with Crippen LogP contribution in [-0.2, 0) is 41.7 Å². The van der Waals surface area contributed by atoms with Crippen LogP contribution < -0.4 is 9.47 Å². The van der Waals surface area contributed by atoms with E-state index in [9.17, 15) is 19.2 Å². The highest BCUT2D eigenvalue weighted by atomic mass is 16.6. The summed E-state index contributed by atoms with van der Waals surface area (Å²) in [5, 5.41) is 0. The molecule has 0 radical (unpaired) electrons. The third kappa shape index (κ3) is 8.18. The molecule has 2 aromatic rings. The quantitative estimate of drug-likeness (QED) is 0.159. The molecule has 10 heteroatoms. The minimum atomic E-state index is -0.324. The van der Waals surface area contributed by atoms with Gasteiger partial charge in [0.05, 0.1) is 38.3 Å². The summed E-state index contributed by atoms with van der Waals surface area (Å²) in [6.07, 6.45) is 8.44. The van der Waals surface area contributed by atoms with Crippen LogP contribution in [0.4, 0.5) is 0 Å². The Bertz CT molecular complexity index is 1420. The standard InChI is InChI=1S/C39H52N2O8/c1-26(42)46-34-10-5-8-28(18-34)24-40(3)30-14-15-31(40)21-36(20-30)48-38(44)12-7-13-39(45)49-37-22-32-16-17-33(23-37)41(32,4)25-29-9-6-11-35(19-29)47-27(2)43/h5-6,8-11,18-19,30-33,36-37H,7,12-17,20-25H2,1-4H3/q+2/t30-,31+,32-,33+,36?,37?,40?,41?. The summed E-state index contributed by atoms with van der Waals surface area (Å²) in [6, 6.07) is 17.1. The molecule has 10 nitrogen and oxygen atoms in total. The van der Waals surface area contributed by atoms with E-state index in [1.807, 2.05) is 24.3 Å². The first-order valence-electron chi connectivity index (χ1n) is 18.0. The molecule has 0 amide bonds. The molecule has 6 rings (SSSR count). The van der Waals surface area contributed by atoms with Crippen molar-refractivity contribution in [3.8, 4) is 11.5 Å². The van der Waals surface area contributed by atoms with Gasteiger partial charge in [-0.2, -0.15) is 0 Å². The number of carbonyl (C=O) groups is 4. The van der Waals surface area contributed by atoms with Gasteiger partial charge in [0.15, 0.2) is 0 Å². The smallest absolute Gasteiger partial charge is 0.308 e. The number of nitrogens with zero attached hydrogens (tertiary/aromatic N) is 2. The van der Waals surface area contributed by atoms with Gasteiger partial charge in [-0.15, -0.1) is 0 Å². The van der Waals surface area contributed by atoms with Crippen LogP contribution in [-0.4, -0.2) is 83.3 Å². The second kappa shape index (κ2) is 14.6. The molecule has 264 valence electrons. The van der Waals surface area contributed by atoms with Gasteiger partial charge < -0.3 is 27.9 Å². The Morgan fingerprint density at radius 3 is 1.33 bits per heavy atom. The zero-order valence-corrected chi connectivity index (χ0v) is 29.4. The van der Waals surface area contributed by atoms with Crippen LogP contribution in [0.3, 0.4) is 0 Å². The van der Waals surface area contributed by atoms with Gasteiger partial charge in [0.2, 0.25) is 0 Å². The zero-order chi connectivity index (χ0) is 34.8. The number of piperidine rings is 2. The van der Waals surface area contributed by atoms with E-state index >= 15 is 0 Å². The summed E-state index contributed by atoms with van der Waals surface area (Å²) in [4.78, 5) is 48.5. The first kappa shape index (κ1) is 35.1. The van der Waals surface area contributed by atoms with Crippen molar-refractivity contribution >= 4 is 23.9 Å². The van der Waals surface area contributed by atoms with Gasteiger partial charge in [0, 0.05) is 89.2 Å². The van der Waals surface area contributed by atoms with Crippen molar-refractivity contribution in [3.63, 3.8) is 0 Å². The number of fused-ring (bicyclic) bond motifs is 4. The van der Waals surface area contributed by atoms with Gasteiger partial charge in [-0.05, 0) is 30.7 Å². The number of ether oxygens (including phenoxy) is 4. The van der Waals surface area contributed by atoms with Gasteiger partial charge in [-0.1, -0.05) is 24.3 Å². The highest BCUT2D eigenvalue weighted by Gasteiger charge is 2.53. The summed E-state index contributed by atoms with van der Waals surface area (Å²) in [7, 11) is 4.60. The minimum absolute atomic E-state index is 0.0928. The Morgan fingerprint density at radius 1 is 0.612 bits per heavy atom. The van der Waals surface area contributed by atoms with Gasteiger partial charge >= 0.3 is 23.9 Å². The average Bonchev–Trinajstić information content (AvgIpc) is 3.26. The molecule has 8 atom stereocenters. The van der Waals surface area contributed by atoms with E-state index in [4.69, 9.17) is 18.9 Å². The monoisotopic (exact) mass is 676 g/mol. The Morgan fingerprint density at radius 2 is 0.980 bits per heavy atom. The highest BCUT2D eigenvalue weighted by molar-refractivity contribution is 5.73. The summed E-state index contributed by atoms with van der Waals surface area (Å²) in [5.41, 5.74) is 2.27. The maximum atomic E-state index is 12.8. The molecule has 4 fully saturated rings. The van der Waals surface area contributed by atoms with Gasteiger partial charge in [-0.25, -0.2) is 0 Å². The van der Waals surface area contributed by atoms with Crippen molar-refractivity contribution in [2.24, 2.45) is 0 Å². The lowest BCUT2D eigenvalue weighted by atomic mass is 9.95. The van der Waals surface area contributed by atoms with Crippen LogP contribution in [0.5, 0.6) is 11.5 Å². The fourth-order valence-corrected chi connectivity index (χ4v) is 9.50. The Hall–Kier alpha value is -3.76. The Balaban J connectivity index is 0.921. The topological polar surface area (TPSA) is 105 Å². The fraction of sp³-hybridized carbons (Fsp3) is 0.590. The number of hydrogen-bond donors (Lipinski definition) is 0. The first-order chi connectivity index (χ1) is 23.4. The first-order valence-corrected chi connectivity index (χ1v) is 18.0. The van der Waals surface area contributed by atoms with Gasteiger partial charge in [0.25, 0.3) is 0 Å². The summed E-state index contributed by atoms with van der Waals surface area (Å²) in [5.74, 6) is 0.0283. The van der Waals surface area contributed by atoms with E-state index in [1.54, 1.807) is 12.1 Å². The Kier molecular flexibility index (Phi) is 10.5. The molecule has 4 unspecified atom stereocenters. The normalized spacial score (nSPS) is 31.5. The number of rotatable bonds is 12. The van der Waals surface area contributed by atoms with Crippen LogP contribution in [0.2, 0.25) is 0 Å². The van der Waals surface area contributed by atoms with Crippen molar-refractivity contribution < 1.29 is 47.1 Å². The third-order valence-electron chi connectivity index (χ3n) is 11.9. The van der Waals surface area contributed by atoms with Crippen LogP contribution in [0.25, 0.3) is 0 Å². The van der Waals surface area contributed by atoms with E-state index < -0.39 is 0 Å². The van der Waals surface area contributed by atoms with E-state index in [0.717, 1.165) is 84.5 Å². The summed E-state index contributed by atoms with van der Waals surface area (Å²) in [6.45, 7) is 4.51. The molecule has 4 aliphatic rings. The van der Waals surface area contributed by atoms with E-state index in [0.29, 0.717) is 42.1 Å². The van der Waals surface area contributed by atoms with E-state index in [2.05, 4.69) is 26.2 Å². The van der Waals surface area contributed by atoms with E-state index in [-0.39, 0.29) is 48.9 Å². The summed E-state index contributed by atoms with van der Waals surface area (Å²) >= 11 is 0. The van der Waals surface area contributed by atoms with Gasteiger partial charge in [0.1, 0.15) is 36.8 Å². The highest BCUT2D eigenvalue weighted by Crippen LogP contribution is 2.45. The average molecular weight is 677 g/mol. The zero-order valence-electron chi connectivity index (χ0n) is 29.4. The lowest BCUT2D eigenvalue weighted by molar-refractivity contribution is -0.961. The van der Waals surface area contributed by atoms with Crippen molar-refractivity contribution in [3.05, 3.63) is 59.7 Å². The van der Waals surface area contributed by atoms with Gasteiger partial charge in [-0.3, -0.25) is 19.2 Å². The van der Waals surface area contributed by atoms with Crippen molar-refractivity contribution in [2.75, 3.05) is 14.1 Å². The second-order valence-corrected chi connectivity index (χ2v) is 15.3. The van der Waals surface area contributed by atoms with Crippen molar-refractivity contribution in [2.45, 2.75) is 134 Å². The molecule has 0 aliphatic carbocycles. The van der Waals surface area contributed by atoms with E-state index in [1.165, 1.54) is 13.8 Å². The third-order valence-corrected chi connectivity index (χ3v) is 11.9. The second-order valence-electron chi connectivity index (χ2n) is 15.3. The lowest BCUT2D eigenvalue weighted by Crippen LogP contribution is -2.58. The van der Waals surface area contributed by atoms with Crippen LogP contribution in [0.15, 0.2) is 48.5 Å². The predicted octanol–water partition coefficient (Wildman–Crippen LogP) is 5.77. The maximum absolute atomic E-state index is 12.8. The minimum Gasteiger partial charge on any atom is -0.462 e. The lowest BCUT2D eigenvalue weighted by Gasteiger charge is -2.47. The summed E-state index contributed by atoms with van der Waals surface area (Å²) < 4.78 is 24.3. The number of esters is 4. The molecule has 4 aliphatic heterocycles. The largest absolute Gasteiger partial charge is 0.462 e. The fourth-order valence-electron chi connectivity index (χ4n) is 9.50. The molecule has 0 saturated carbocycles. The number of quaternary nitrogens is 2.